The molecule has 0 aliphatic heterocycles. The minimum atomic E-state index is -1.79. The van der Waals surface area contributed by atoms with Crippen LogP contribution in [0.2, 0.25) is 0 Å². The monoisotopic (exact) mass is 179 g/mol. The number of aliphatic hydroxyl groups is 1. The van der Waals surface area contributed by atoms with Gasteiger partial charge >= 0.3 is 0 Å². The summed E-state index contributed by atoms with van der Waals surface area (Å²) in [6.45, 7) is 1.23. The van der Waals surface area contributed by atoms with Gasteiger partial charge in [-0.15, -0.1) is 0 Å². The summed E-state index contributed by atoms with van der Waals surface area (Å²) in [5, 5.41) is 19.8. The van der Waals surface area contributed by atoms with E-state index in [4.69, 9.17) is 0 Å². The van der Waals surface area contributed by atoms with Crippen molar-refractivity contribution in [2.24, 2.45) is 0 Å². The van der Waals surface area contributed by atoms with E-state index in [1.54, 1.807) is 24.3 Å². The standard InChI is InChI=1S/C10H12O3/c1-10(13,9(11)12)7-8-5-3-2-4-6-8/h2-6,13H,7H2,1H3,(H,11,12)/p-1/t10-/m0/s1. The van der Waals surface area contributed by atoms with Crippen molar-refractivity contribution >= 4 is 5.97 Å². The lowest BCUT2D eigenvalue weighted by molar-refractivity contribution is -0.323. The molecule has 0 bridgehead atoms. The number of benzene rings is 1. The van der Waals surface area contributed by atoms with Crippen LogP contribution in [0.1, 0.15) is 12.5 Å². The molecule has 0 saturated carbocycles. The van der Waals surface area contributed by atoms with Gasteiger partial charge in [0, 0.05) is 6.42 Å². The van der Waals surface area contributed by atoms with Crippen LogP contribution in [0.15, 0.2) is 30.3 Å². The quantitative estimate of drug-likeness (QED) is 0.694. The van der Waals surface area contributed by atoms with E-state index in [2.05, 4.69) is 0 Å². The number of aliphatic carboxylic acids is 1. The minimum absolute atomic E-state index is 0.0656. The number of hydrogen-bond acceptors (Lipinski definition) is 3. The Kier molecular flexibility index (Phi) is 2.68. The van der Waals surface area contributed by atoms with Crippen LogP contribution in [0, 0.1) is 0 Å². The Balaban J connectivity index is 2.75. The van der Waals surface area contributed by atoms with Crippen molar-refractivity contribution in [1.82, 2.24) is 0 Å². The molecule has 1 atom stereocenters. The smallest absolute Gasteiger partial charge is 0.105 e. The van der Waals surface area contributed by atoms with Gasteiger partial charge in [-0.1, -0.05) is 30.3 Å². The van der Waals surface area contributed by atoms with E-state index in [9.17, 15) is 15.0 Å². The summed E-state index contributed by atoms with van der Waals surface area (Å²) >= 11 is 0. The topological polar surface area (TPSA) is 60.4 Å². The maximum absolute atomic E-state index is 10.5. The van der Waals surface area contributed by atoms with E-state index in [0.29, 0.717) is 0 Å². The lowest BCUT2D eigenvalue weighted by atomic mass is 9.97. The summed E-state index contributed by atoms with van der Waals surface area (Å²) in [7, 11) is 0. The molecule has 1 N–H and O–H groups in total. The van der Waals surface area contributed by atoms with Gasteiger partial charge in [0.25, 0.3) is 0 Å². The highest BCUT2D eigenvalue weighted by atomic mass is 16.4. The fraction of sp³-hybridized carbons (Fsp3) is 0.300. The van der Waals surface area contributed by atoms with E-state index in [1.807, 2.05) is 6.07 Å². The molecule has 1 rings (SSSR count). The first-order chi connectivity index (χ1) is 6.02. The van der Waals surface area contributed by atoms with Crippen molar-refractivity contribution < 1.29 is 15.0 Å². The Hall–Kier alpha value is -1.35. The molecule has 0 fully saturated rings. The van der Waals surface area contributed by atoms with Gasteiger partial charge in [0.05, 0.1) is 5.97 Å². The van der Waals surface area contributed by atoms with E-state index in [0.717, 1.165) is 5.56 Å². The van der Waals surface area contributed by atoms with Crippen LogP contribution < -0.4 is 5.11 Å². The Morgan fingerprint density at radius 3 is 2.46 bits per heavy atom. The predicted octanol–water partition coefficient (Wildman–Crippen LogP) is -0.270. The first-order valence-electron chi connectivity index (χ1n) is 4.00. The third-order valence-electron chi connectivity index (χ3n) is 1.83. The minimum Gasteiger partial charge on any atom is -0.547 e. The molecule has 0 aromatic heterocycles. The summed E-state index contributed by atoms with van der Waals surface area (Å²) in [6, 6.07) is 8.94. The first kappa shape index (κ1) is 9.74. The van der Waals surface area contributed by atoms with Crippen LogP contribution in [0.25, 0.3) is 0 Å². The third kappa shape index (κ3) is 2.56. The van der Waals surface area contributed by atoms with Gasteiger partial charge in [0.2, 0.25) is 0 Å². The molecule has 3 heteroatoms. The zero-order valence-corrected chi connectivity index (χ0v) is 7.36. The molecular formula is C10H11O3-. The SMILES string of the molecule is C[C@](O)(Cc1ccccc1)C(=O)[O-]. The van der Waals surface area contributed by atoms with Crippen molar-refractivity contribution in [3.63, 3.8) is 0 Å². The van der Waals surface area contributed by atoms with Gasteiger partial charge in [-0.05, 0) is 12.5 Å². The van der Waals surface area contributed by atoms with Gasteiger partial charge in [-0.25, -0.2) is 0 Å². The molecule has 70 valence electrons. The summed E-state index contributed by atoms with van der Waals surface area (Å²) < 4.78 is 0. The highest BCUT2D eigenvalue weighted by Gasteiger charge is 2.21. The number of carboxylic acids is 1. The number of hydrogen-bond donors (Lipinski definition) is 1. The van der Waals surface area contributed by atoms with Crippen LogP contribution in [0.4, 0.5) is 0 Å². The Labute approximate surface area is 76.6 Å². The molecule has 0 spiro atoms. The second-order valence-electron chi connectivity index (χ2n) is 3.22. The zero-order chi connectivity index (χ0) is 9.90. The molecule has 1 aromatic rings. The largest absolute Gasteiger partial charge is 0.547 e. The average Bonchev–Trinajstić information content (AvgIpc) is 2.05. The molecule has 0 radical (unpaired) electrons. The maximum atomic E-state index is 10.5. The van der Waals surface area contributed by atoms with Crippen molar-refractivity contribution in [3.8, 4) is 0 Å². The fourth-order valence-electron chi connectivity index (χ4n) is 1.07. The molecule has 0 saturated heterocycles. The van der Waals surface area contributed by atoms with Crippen molar-refractivity contribution in [1.29, 1.82) is 0 Å². The highest BCUT2D eigenvalue weighted by Crippen LogP contribution is 2.11. The average molecular weight is 179 g/mol. The van der Waals surface area contributed by atoms with Crippen LogP contribution in [0.3, 0.4) is 0 Å². The van der Waals surface area contributed by atoms with Gasteiger partial charge < -0.3 is 15.0 Å². The first-order valence-corrected chi connectivity index (χ1v) is 4.00. The molecule has 3 nitrogen and oxygen atoms in total. The van der Waals surface area contributed by atoms with Gasteiger partial charge in [0.15, 0.2) is 0 Å². The van der Waals surface area contributed by atoms with Gasteiger partial charge in [0.1, 0.15) is 5.60 Å². The molecule has 13 heavy (non-hydrogen) atoms. The molecule has 0 unspecified atom stereocenters. The molecule has 0 aliphatic carbocycles. The van der Waals surface area contributed by atoms with Crippen LogP contribution in [-0.4, -0.2) is 16.7 Å². The molecule has 0 amide bonds. The van der Waals surface area contributed by atoms with Crippen molar-refractivity contribution in [2.75, 3.05) is 0 Å². The molecular weight excluding hydrogens is 168 g/mol. The van der Waals surface area contributed by atoms with Crippen LogP contribution in [-0.2, 0) is 11.2 Å². The number of carbonyl (C=O) groups is 1. The number of carbonyl (C=O) groups excluding carboxylic acids is 1. The van der Waals surface area contributed by atoms with Crippen molar-refractivity contribution in [2.45, 2.75) is 18.9 Å². The molecule has 0 aliphatic rings. The number of carboxylic acid groups (broad SMARTS) is 1. The fourth-order valence-corrected chi connectivity index (χ4v) is 1.07. The normalized spacial score (nSPS) is 14.9. The van der Waals surface area contributed by atoms with Crippen LogP contribution in [0.5, 0.6) is 0 Å². The predicted molar refractivity (Wildman–Crippen MR) is 45.8 cm³/mol. The Bertz CT molecular complexity index is 290. The maximum Gasteiger partial charge on any atom is 0.105 e. The van der Waals surface area contributed by atoms with Crippen molar-refractivity contribution in [3.05, 3.63) is 35.9 Å². The van der Waals surface area contributed by atoms with E-state index in [1.165, 1.54) is 6.92 Å². The Morgan fingerprint density at radius 1 is 1.46 bits per heavy atom. The summed E-state index contributed by atoms with van der Waals surface area (Å²) in [4.78, 5) is 10.5. The van der Waals surface area contributed by atoms with Crippen LogP contribution >= 0.6 is 0 Å². The molecule has 1 aromatic carbocycles. The zero-order valence-electron chi connectivity index (χ0n) is 7.36. The molecule has 0 heterocycles. The van der Waals surface area contributed by atoms with Gasteiger partial charge in [-0.3, -0.25) is 0 Å². The summed E-state index contributed by atoms with van der Waals surface area (Å²) in [5.41, 5.74) is -1.02. The van der Waals surface area contributed by atoms with E-state index < -0.39 is 11.6 Å². The highest BCUT2D eigenvalue weighted by molar-refractivity contribution is 5.74. The second kappa shape index (κ2) is 3.58. The third-order valence-corrected chi connectivity index (χ3v) is 1.83. The van der Waals surface area contributed by atoms with E-state index >= 15 is 0 Å². The lowest BCUT2D eigenvalue weighted by Gasteiger charge is -2.24. The number of rotatable bonds is 3. The van der Waals surface area contributed by atoms with Gasteiger partial charge in [-0.2, -0.15) is 0 Å². The van der Waals surface area contributed by atoms with E-state index in [-0.39, 0.29) is 6.42 Å². The summed E-state index contributed by atoms with van der Waals surface area (Å²) in [5.74, 6) is -1.45. The lowest BCUT2D eigenvalue weighted by Crippen LogP contribution is -2.47. The Morgan fingerprint density at radius 2 is 2.00 bits per heavy atom. The second-order valence-corrected chi connectivity index (χ2v) is 3.22. The summed E-state index contributed by atoms with van der Waals surface area (Å²) in [6.07, 6.45) is 0.0656.